The van der Waals surface area contributed by atoms with Crippen molar-refractivity contribution in [3.8, 4) is 5.69 Å². The highest BCUT2D eigenvalue weighted by Crippen LogP contribution is 2.27. The Morgan fingerprint density at radius 3 is 2.71 bits per heavy atom. The van der Waals surface area contributed by atoms with Crippen molar-refractivity contribution in [2.45, 2.75) is 19.8 Å². The SMILES string of the molecule is CCC1C=CC(C2=CC(c3ccc(-n4nnc5ccccc54)cc3)=NC2)=CC1. The molecule has 28 heavy (non-hydrogen) atoms. The summed E-state index contributed by atoms with van der Waals surface area (Å²) in [6.07, 6.45) is 11.5. The van der Waals surface area contributed by atoms with E-state index in [2.05, 4.69) is 65.8 Å². The maximum absolute atomic E-state index is 4.76. The van der Waals surface area contributed by atoms with Crippen LogP contribution in [0.2, 0.25) is 0 Å². The molecule has 1 aliphatic heterocycles. The minimum atomic E-state index is 0.687. The van der Waals surface area contributed by atoms with Crippen LogP contribution in [0.4, 0.5) is 0 Å². The minimum absolute atomic E-state index is 0.687. The molecule has 0 N–H and O–H groups in total. The van der Waals surface area contributed by atoms with Crippen LogP contribution in [0, 0.1) is 5.92 Å². The van der Waals surface area contributed by atoms with Gasteiger partial charge < -0.3 is 0 Å². The van der Waals surface area contributed by atoms with Crippen molar-refractivity contribution in [2.24, 2.45) is 10.9 Å². The Kier molecular flexibility index (Phi) is 4.24. The summed E-state index contributed by atoms with van der Waals surface area (Å²) < 4.78 is 1.87. The third-order valence-electron chi connectivity index (χ3n) is 5.57. The smallest absolute Gasteiger partial charge is 0.113 e. The van der Waals surface area contributed by atoms with Crippen molar-refractivity contribution in [2.75, 3.05) is 6.54 Å². The number of fused-ring (bicyclic) bond motifs is 1. The molecule has 0 amide bonds. The molecule has 4 nitrogen and oxygen atoms in total. The van der Waals surface area contributed by atoms with E-state index in [-0.39, 0.29) is 0 Å². The van der Waals surface area contributed by atoms with E-state index in [4.69, 9.17) is 4.99 Å². The molecule has 0 spiro atoms. The zero-order chi connectivity index (χ0) is 18.9. The van der Waals surface area contributed by atoms with Gasteiger partial charge in [0.2, 0.25) is 0 Å². The second-order valence-corrected chi connectivity index (χ2v) is 7.33. The van der Waals surface area contributed by atoms with E-state index < -0.39 is 0 Å². The molecule has 1 unspecified atom stereocenters. The molecule has 4 heteroatoms. The van der Waals surface area contributed by atoms with E-state index in [1.54, 1.807) is 0 Å². The summed E-state index contributed by atoms with van der Waals surface area (Å²) in [5.74, 6) is 0.687. The standard InChI is InChI=1S/C24H22N4/c1-2-17-7-9-18(10-8-17)20-15-23(25-16-20)19-11-13-21(14-12-19)28-24-6-4-3-5-22(24)26-27-28/h3-7,9-15,17H,2,8,16H2,1H3. The van der Waals surface area contributed by atoms with Crippen LogP contribution in [0.5, 0.6) is 0 Å². The lowest BCUT2D eigenvalue weighted by Crippen LogP contribution is -2.00. The van der Waals surface area contributed by atoms with Crippen molar-refractivity contribution in [3.63, 3.8) is 0 Å². The molecule has 0 saturated heterocycles. The Hall–Kier alpha value is -3.27. The first-order valence-corrected chi connectivity index (χ1v) is 9.87. The first kappa shape index (κ1) is 16.9. The molecule has 138 valence electrons. The van der Waals surface area contributed by atoms with Crippen molar-refractivity contribution in [1.29, 1.82) is 0 Å². The molecule has 1 atom stereocenters. The third kappa shape index (κ3) is 3.01. The predicted molar refractivity (Wildman–Crippen MR) is 114 cm³/mol. The summed E-state index contributed by atoms with van der Waals surface area (Å²) in [5.41, 5.74) is 7.74. The Morgan fingerprint density at radius 1 is 1.07 bits per heavy atom. The topological polar surface area (TPSA) is 43.1 Å². The van der Waals surface area contributed by atoms with Gasteiger partial charge in [-0.25, -0.2) is 4.68 Å². The van der Waals surface area contributed by atoms with Crippen LogP contribution >= 0.6 is 0 Å². The Balaban J connectivity index is 1.37. The summed E-state index contributed by atoms with van der Waals surface area (Å²) in [5, 5.41) is 8.52. The Labute approximate surface area is 164 Å². The predicted octanol–water partition coefficient (Wildman–Crippen LogP) is 5.06. The summed E-state index contributed by atoms with van der Waals surface area (Å²) in [6, 6.07) is 16.4. The normalized spacial score (nSPS) is 18.9. The zero-order valence-electron chi connectivity index (χ0n) is 15.9. The molecule has 0 bridgehead atoms. The number of hydrogen-bond acceptors (Lipinski definition) is 3. The number of nitrogens with zero attached hydrogens (tertiary/aromatic N) is 4. The molecule has 2 aromatic carbocycles. The maximum Gasteiger partial charge on any atom is 0.113 e. The quantitative estimate of drug-likeness (QED) is 0.647. The van der Waals surface area contributed by atoms with Crippen molar-refractivity contribution in [1.82, 2.24) is 15.0 Å². The van der Waals surface area contributed by atoms with E-state index in [1.807, 2.05) is 28.9 Å². The van der Waals surface area contributed by atoms with Gasteiger partial charge in [-0.15, -0.1) is 5.10 Å². The first-order chi connectivity index (χ1) is 13.8. The fourth-order valence-corrected chi connectivity index (χ4v) is 3.81. The van der Waals surface area contributed by atoms with E-state index in [0.717, 1.165) is 41.0 Å². The summed E-state index contributed by atoms with van der Waals surface area (Å²) >= 11 is 0. The number of para-hydroxylation sites is 1. The molecular weight excluding hydrogens is 344 g/mol. The van der Waals surface area contributed by atoms with E-state index in [0.29, 0.717) is 5.92 Å². The van der Waals surface area contributed by atoms with Crippen LogP contribution < -0.4 is 0 Å². The summed E-state index contributed by atoms with van der Waals surface area (Å²) in [7, 11) is 0. The average Bonchev–Trinajstić information content (AvgIpc) is 3.42. The van der Waals surface area contributed by atoms with Gasteiger partial charge in [-0.3, -0.25) is 4.99 Å². The lowest BCUT2D eigenvalue weighted by molar-refractivity contribution is 0.630. The van der Waals surface area contributed by atoms with Gasteiger partial charge in [-0.2, -0.15) is 0 Å². The van der Waals surface area contributed by atoms with Gasteiger partial charge in [0.1, 0.15) is 5.52 Å². The molecule has 0 fully saturated rings. The Morgan fingerprint density at radius 2 is 1.93 bits per heavy atom. The van der Waals surface area contributed by atoms with Crippen LogP contribution in [-0.2, 0) is 0 Å². The number of rotatable bonds is 4. The van der Waals surface area contributed by atoms with E-state index in [1.165, 1.54) is 17.6 Å². The lowest BCUT2D eigenvalue weighted by Gasteiger charge is -2.14. The summed E-state index contributed by atoms with van der Waals surface area (Å²) in [4.78, 5) is 4.76. The highest BCUT2D eigenvalue weighted by Gasteiger charge is 2.15. The number of allylic oxidation sites excluding steroid dienone is 4. The lowest BCUT2D eigenvalue weighted by atomic mass is 9.91. The molecular formula is C24H22N4. The first-order valence-electron chi connectivity index (χ1n) is 9.87. The fourth-order valence-electron chi connectivity index (χ4n) is 3.81. The number of hydrogen-bond donors (Lipinski definition) is 0. The fraction of sp³-hybridized carbons (Fsp3) is 0.208. The van der Waals surface area contributed by atoms with Crippen LogP contribution in [0.3, 0.4) is 0 Å². The van der Waals surface area contributed by atoms with Gasteiger partial charge in [0.25, 0.3) is 0 Å². The maximum atomic E-state index is 4.76. The van der Waals surface area contributed by atoms with Crippen molar-refractivity contribution < 1.29 is 0 Å². The molecule has 0 radical (unpaired) electrons. The average molecular weight is 366 g/mol. The third-order valence-corrected chi connectivity index (χ3v) is 5.57. The Bertz CT molecular complexity index is 1140. The van der Waals surface area contributed by atoms with Crippen LogP contribution in [0.15, 0.2) is 89.0 Å². The van der Waals surface area contributed by atoms with Crippen LogP contribution in [0.1, 0.15) is 25.3 Å². The molecule has 0 saturated carbocycles. The second-order valence-electron chi connectivity index (χ2n) is 7.33. The van der Waals surface area contributed by atoms with Crippen LogP contribution in [0.25, 0.3) is 16.7 Å². The van der Waals surface area contributed by atoms with Gasteiger partial charge in [-0.1, -0.05) is 54.6 Å². The molecule has 5 rings (SSSR count). The second kappa shape index (κ2) is 7.04. The van der Waals surface area contributed by atoms with Gasteiger partial charge >= 0.3 is 0 Å². The van der Waals surface area contributed by atoms with Gasteiger partial charge in [0.15, 0.2) is 0 Å². The number of benzene rings is 2. The molecule has 2 aliphatic rings. The molecule has 1 aliphatic carbocycles. The van der Waals surface area contributed by atoms with Crippen molar-refractivity contribution in [3.05, 3.63) is 89.5 Å². The highest BCUT2D eigenvalue weighted by molar-refractivity contribution is 6.11. The minimum Gasteiger partial charge on any atom is -0.280 e. The summed E-state index contributed by atoms with van der Waals surface area (Å²) in [6.45, 7) is 3.01. The molecule has 1 aromatic heterocycles. The zero-order valence-corrected chi connectivity index (χ0v) is 15.9. The number of aliphatic imine (C=N–C) groups is 1. The van der Waals surface area contributed by atoms with Crippen molar-refractivity contribution >= 4 is 16.7 Å². The van der Waals surface area contributed by atoms with Crippen LogP contribution in [-0.4, -0.2) is 27.3 Å². The molecule has 3 aromatic rings. The largest absolute Gasteiger partial charge is 0.280 e. The highest BCUT2D eigenvalue weighted by atomic mass is 15.4. The van der Waals surface area contributed by atoms with Gasteiger partial charge in [0, 0.05) is 0 Å². The van der Waals surface area contributed by atoms with Gasteiger partial charge in [0.05, 0.1) is 23.5 Å². The van der Waals surface area contributed by atoms with Gasteiger partial charge in [-0.05, 0) is 65.8 Å². The van der Waals surface area contributed by atoms with E-state index in [9.17, 15) is 0 Å². The molecule has 2 heterocycles. The van der Waals surface area contributed by atoms with E-state index >= 15 is 0 Å². The monoisotopic (exact) mass is 366 g/mol. The number of aromatic nitrogens is 3.